The van der Waals surface area contributed by atoms with E-state index in [2.05, 4.69) is 62.5 Å². The third-order valence-corrected chi connectivity index (χ3v) is 11.8. The van der Waals surface area contributed by atoms with Crippen molar-refractivity contribution in [1.29, 1.82) is 0 Å². The Kier molecular flexibility index (Phi) is 24.6. The molecule has 70 heavy (non-hydrogen) atoms. The molecule has 27 heteroatoms. The van der Waals surface area contributed by atoms with Crippen molar-refractivity contribution in [3.63, 3.8) is 0 Å². The highest BCUT2D eigenvalue weighted by Crippen LogP contribution is 2.20. The Labute approximate surface area is 415 Å². The summed E-state index contributed by atoms with van der Waals surface area (Å²) in [4.78, 5) is 159. The Morgan fingerprint density at radius 2 is 1.30 bits per heavy atom. The molecule has 1 aliphatic rings. The summed E-state index contributed by atoms with van der Waals surface area (Å²) in [6.07, 6.45) is -0.852. The number of likely N-dealkylation sites (tertiary alicyclic amines) is 1. The van der Waals surface area contributed by atoms with Gasteiger partial charge in [-0.2, -0.15) is 25.3 Å². The van der Waals surface area contributed by atoms with Crippen LogP contribution in [0.4, 0.5) is 0 Å². The summed E-state index contributed by atoms with van der Waals surface area (Å²) >= 11 is 8.20. The number of ketones is 1. The number of benzene rings is 1. The van der Waals surface area contributed by atoms with E-state index in [4.69, 9.17) is 22.9 Å². The van der Waals surface area contributed by atoms with Crippen LogP contribution in [-0.4, -0.2) is 154 Å². The SMILES string of the molecule is CC[C@H](C)[C@H](NC(=O)[C@@H](NC(=O)[C@@H](N)CS)C(=O)c1ccc(O)cc1)C(=O)N[C@@H](CCC(N)=O)C(=O)N[C@@H](CC(N)=O)C(=O)N[C@@H](CS)C(=O)N1CCC[C@H]1C(=O)N[C@@H](CC(C)C)C(=O)NCC(N)=O. The molecule has 1 aliphatic heterocycles. The second-order valence-electron chi connectivity index (χ2n) is 17.1. The van der Waals surface area contributed by atoms with Gasteiger partial charge >= 0.3 is 0 Å². The molecule has 1 aromatic rings. The monoisotopic (exact) mass is 1020 g/mol. The number of phenols is 1. The lowest BCUT2D eigenvalue weighted by atomic mass is 9.96. The van der Waals surface area contributed by atoms with Gasteiger partial charge in [-0.3, -0.25) is 57.5 Å². The van der Waals surface area contributed by atoms with Crippen LogP contribution in [-0.2, 0) is 52.7 Å². The fourth-order valence-electron chi connectivity index (χ4n) is 7.04. The van der Waals surface area contributed by atoms with E-state index in [1.807, 2.05) is 0 Å². The molecule has 25 nitrogen and oxygen atoms in total. The minimum Gasteiger partial charge on any atom is -0.508 e. The van der Waals surface area contributed by atoms with Crippen LogP contribution in [0.2, 0.25) is 0 Å². The first kappa shape index (κ1) is 59.6. The number of amides is 11. The Morgan fingerprint density at radius 3 is 1.84 bits per heavy atom. The maximum Gasteiger partial charge on any atom is 0.251 e. The zero-order valence-electron chi connectivity index (χ0n) is 39.4. The first-order chi connectivity index (χ1) is 32.8. The number of thiol groups is 2. The van der Waals surface area contributed by atoms with Gasteiger partial charge < -0.3 is 70.2 Å². The van der Waals surface area contributed by atoms with Crippen molar-refractivity contribution in [2.45, 2.75) is 121 Å². The van der Waals surface area contributed by atoms with Crippen LogP contribution < -0.4 is 60.2 Å². The standard InChI is InChI=1S/C43H66N12O13S2/c1-5-21(4)33(53-42(67)34(54-36(61)24(44)18-69)35(60)22-8-10-23(56)11-9-22)41(66)49-25(12-13-30(45)57)38(63)50-27(16-31(46)58)39(64)52-28(19-70)43(68)55-14-6-7-29(55)40(65)51-26(15-20(2)3)37(62)48-17-32(47)59/h8-11,20-21,24-29,33-34,56,69-70H,5-7,12-19,44H2,1-4H3,(H2,45,57)(H2,46,58)(H2,47,59)(H,48,62)(H,49,66)(H,50,63)(H,51,65)(H,52,64)(H,53,67)(H,54,61)/t21-,24-,25-,26-,27-,28-,29-,33-,34-/m0/s1. The van der Waals surface area contributed by atoms with Crippen molar-refractivity contribution < 1.29 is 62.6 Å². The van der Waals surface area contributed by atoms with Gasteiger partial charge in [-0.25, -0.2) is 0 Å². The van der Waals surface area contributed by atoms with E-state index in [0.29, 0.717) is 6.42 Å². The van der Waals surface area contributed by atoms with Crippen LogP contribution in [0.5, 0.6) is 5.75 Å². The first-order valence-electron chi connectivity index (χ1n) is 22.4. The molecule has 16 N–H and O–H groups in total. The summed E-state index contributed by atoms with van der Waals surface area (Å²) in [5, 5.41) is 26.6. The Hall–Kier alpha value is -6.48. The van der Waals surface area contributed by atoms with E-state index in [0.717, 1.165) is 0 Å². The van der Waals surface area contributed by atoms with Gasteiger partial charge in [0.15, 0.2) is 11.8 Å². The number of nitrogens with one attached hydrogen (secondary N) is 7. The summed E-state index contributed by atoms with van der Waals surface area (Å²) < 4.78 is 0. The van der Waals surface area contributed by atoms with Crippen LogP contribution >= 0.6 is 25.3 Å². The molecule has 0 unspecified atom stereocenters. The third-order valence-electron chi connectivity index (χ3n) is 11.1. The van der Waals surface area contributed by atoms with Gasteiger partial charge in [-0.1, -0.05) is 34.1 Å². The summed E-state index contributed by atoms with van der Waals surface area (Å²) in [5.74, 6) is -12.7. The van der Waals surface area contributed by atoms with Crippen LogP contribution in [0.1, 0.15) is 83.0 Å². The Morgan fingerprint density at radius 1 is 0.700 bits per heavy atom. The highest BCUT2D eigenvalue weighted by molar-refractivity contribution is 7.80. The van der Waals surface area contributed by atoms with Crippen LogP contribution in [0.25, 0.3) is 0 Å². The molecule has 1 fully saturated rings. The number of aromatic hydroxyl groups is 1. The molecule has 388 valence electrons. The third kappa shape index (κ3) is 18.8. The van der Waals surface area contributed by atoms with Crippen molar-refractivity contribution >= 4 is 96.0 Å². The molecule has 0 bridgehead atoms. The molecule has 0 saturated carbocycles. The number of primary amides is 3. The normalized spacial score (nSPS) is 16.6. The van der Waals surface area contributed by atoms with Crippen molar-refractivity contribution in [3.05, 3.63) is 29.8 Å². The number of hydrogen-bond donors (Lipinski definition) is 14. The van der Waals surface area contributed by atoms with Gasteiger partial charge in [0.2, 0.25) is 59.1 Å². The van der Waals surface area contributed by atoms with Crippen LogP contribution in [0.15, 0.2) is 24.3 Å². The molecule has 0 radical (unpaired) electrons. The number of phenolic OH excluding ortho intramolecular Hbond substituents is 1. The van der Waals surface area contributed by atoms with Gasteiger partial charge in [0.05, 0.1) is 19.0 Å². The van der Waals surface area contributed by atoms with Gasteiger partial charge in [0.25, 0.3) is 5.91 Å². The van der Waals surface area contributed by atoms with Crippen molar-refractivity contribution in [2.24, 2.45) is 34.8 Å². The van der Waals surface area contributed by atoms with Crippen molar-refractivity contribution in [3.8, 4) is 5.75 Å². The largest absolute Gasteiger partial charge is 0.508 e. The number of nitrogens with two attached hydrogens (primary N) is 4. The number of carbonyl (C=O) groups excluding carboxylic acids is 12. The fourth-order valence-corrected chi connectivity index (χ4v) is 7.46. The average Bonchev–Trinajstić information content (AvgIpc) is 3.80. The van der Waals surface area contributed by atoms with E-state index in [9.17, 15) is 62.6 Å². The Bertz CT molecular complexity index is 2100. The molecule has 0 spiro atoms. The average molecular weight is 1020 g/mol. The number of Topliss-reactive ketones (excluding diaryl/α,β-unsaturated/α-hetero) is 1. The molecule has 1 saturated heterocycles. The molecule has 0 aliphatic carbocycles. The predicted octanol–water partition coefficient (Wildman–Crippen LogP) is -4.50. The first-order valence-corrected chi connectivity index (χ1v) is 23.7. The molecule has 2 rings (SSSR count). The minimum absolute atomic E-state index is 0.0643. The zero-order chi connectivity index (χ0) is 53.0. The topological polar surface area (TPSA) is 417 Å². The van der Waals surface area contributed by atoms with Crippen LogP contribution in [0.3, 0.4) is 0 Å². The van der Waals surface area contributed by atoms with E-state index >= 15 is 0 Å². The molecule has 1 heterocycles. The van der Waals surface area contributed by atoms with Gasteiger partial charge in [-0.05, 0) is 61.8 Å². The maximum atomic E-state index is 14.0. The zero-order valence-corrected chi connectivity index (χ0v) is 41.1. The Balaban J connectivity index is 2.37. The highest BCUT2D eigenvalue weighted by atomic mass is 32.1. The van der Waals surface area contributed by atoms with E-state index in [-0.39, 0.29) is 54.5 Å². The van der Waals surface area contributed by atoms with Gasteiger partial charge in [0.1, 0.15) is 42.0 Å². The molecule has 11 amide bonds. The molecular weight excluding hydrogens is 957 g/mol. The van der Waals surface area contributed by atoms with E-state index in [1.54, 1.807) is 27.7 Å². The lowest BCUT2D eigenvalue weighted by molar-refractivity contribution is -0.142. The number of nitrogens with zero attached hydrogens (tertiary/aromatic N) is 1. The van der Waals surface area contributed by atoms with E-state index < -0.39 is 151 Å². The van der Waals surface area contributed by atoms with E-state index in [1.165, 1.54) is 29.2 Å². The highest BCUT2D eigenvalue weighted by Gasteiger charge is 2.41. The minimum atomic E-state index is -1.96. The quantitative estimate of drug-likeness (QED) is 0.0205. The number of hydrogen-bond acceptors (Lipinski definition) is 16. The fraction of sp³-hybridized carbons (Fsp3) is 0.581. The molecule has 1 aromatic carbocycles. The lowest BCUT2D eigenvalue weighted by Gasteiger charge is -2.30. The number of carbonyl (C=O) groups is 12. The predicted molar refractivity (Wildman–Crippen MR) is 258 cm³/mol. The molecular formula is C43H66N12O13S2. The molecule has 0 aromatic heterocycles. The summed E-state index contributed by atoms with van der Waals surface area (Å²) in [5.41, 5.74) is 21.6. The second-order valence-corrected chi connectivity index (χ2v) is 17.8. The van der Waals surface area contributed by atoms with Gasteiger partial charge in [-0.15, -0.1) is 0 Å². The summed E-state index contributed by atoms with van der Waals surface area (Å²) in [7, 11) is 0. The van der Waals surface area contributed by atoms with Crippen molar-refractivity contribution in [2.75, 3.05) is 24.6 Å². The summed E-state index contributed by atoms with van der Waals surface area (Å²) in [6, 6.07) is -7.09. The smallest absolute Gasteiger partial charge is 0.251 e. The van der Waals surface area contributed by atoms with Gasteiger partial charge in [0, 0.05) is 30.0 Å². The molecule has 9 atom stereocenters. The lowest BCUT2D eigenvalue weighted by Crippen LogP contribution is -2.62. The maximum absolute atomic E-state index is 14.0. The van der Waals surface area contributed by atoms with Crippen LogP contribution in [0, 0.1) is 11.8 Å². The number of rotatable bonds is 29. The summed E-state index contributed by atoms with van der Waals surface area (Å²) in [6.45, 7) is 6.42. The second kappa shape index (κ2) is 28.9. The van der Waals surface area contributed by atoms with Crippen molar-refractivity contribution in [1.82, 2.24) is 42.1 Å².